The summed E-state index contributed by atoms with van der Waals surface area (Å²) < 4.78 is 0.948. The molecule has 0 bridgehead atoms. The lowest BCUT2D eigenvalue weighted by molar-refractivity contribution is -0.129. The van der Waals surface area contributed by atoms with Gasteiger partial charge in [0.15, 0.2) is 0 Å². The number of amides is 1. The Hall–Kier alpha value is -1.56. The molecular formula is C11H14BrN3O2. The van der Waals surface area contributed by atoms with Gasteiger partial charge in [0.05, 0.1) is 6.42 Å². The molecule has 17 heavy (non-hydrogen) atoms. The van der Waals surface area contributed by atoms with Crippen LogP contribution in [0.15, 0.2) is 33.9 Å². The average molecular weight is 300 g/mol. The molecule has 0 aliphatic rings. The smallest absolute Gasteiger partial charge is 0.230 e. The number of amidine groups is 1. The summed E-state index contributed by atoms with van der Waals surface area (Å²) in [7, 11) is 1.67. The predicted octanol–water partition coefficient (Wildman–Crippen LogP) is 1.54. The Labute approximate surface area is 108 Å². The molecule has 0 saturated heterocycles. The van der Waals surface area contributed by atoms with Gasteiger partial charge in [-0.05, 0) is 11.6 Å². The van der Waals surface area contributed by atoms with E-state index in [9.17, 15) is 4.79 Å². The van der Waals surface area contributed by atoms with E-state index in [0.29, 0.717) is 6.54 Å². The van der Waals surface area contributed by atoms with Crippen LogP contribution in [0.25, 0.3) is 0 Å². The van der Waals surface area contributed by atoms with Gasteiger partial charge < -0.3 is 15.8 Å². The van der Waals surface area contributed by atoms with Crippen LogP contribution in [-0.4, -0.2) is 28.9 Å². The van der Waals surface area contributed by atoms with Crippen molar-refractivity contribution in [1.29, 1.82) is 0 Å². The summed E-state index contributed by atoms with van der Waals surface area (Å²) in [5.74, 6) is -0.287. The van der Waals surface area contributed by atoms with Crippen molar-refractivity contribution < 1.29 is 10.0 Å². The third-order valence-corrected chi connectivity index (χ3v) is 3.03. The number of benzene rings is 1. The molecule has 0 spiro atoms. The molecule has 3 N–H and O–H groups in total. The average Bonchev–Trinajstić information content (AvgIpc) is 2.31. The van der Waals surface area contributed by atoms with Crippen molar-refractivity contribution in [3.63, 3.8) is 0 Å². The van der Waals surface area contributed by atoms with Crippen LogP contribution < -0.4 is 5.73 Å². The first-order valence-electron chi connectivity index (χ1n) is 4.98. The Balaban J connectivity index is 2.63. The Morgan fingerprint density at radius 3 is 2.76 bits per heavy atom. The third kappa shape index (κ3) is 4.07. The van der Waals surface area contributed by atoms with E-state index in [1.165, 1.54) is 4.90 Å². The van der Waals surface area contributed by atoms with Crippen molar-refractivity contribution in [2.75, 3.05) is 7.05 Å². The second kappa shape index (κ2) is 6.24. The standard InChI is InChI=1S/C11H14BrN3O2/c1-15(11(16)6-10(13)14-17)7-8-4-2-3-5-9(8)12/h2-5,17H,6-7H2,1H3,(H2,13,14). The molecule has 1 aromatic carbocycles. The van der Waals surface area contributed by atoms with E-state index in [1.54, 1.807) is 7.05 Å². The highest BCUT2D eigenvalue weighted by Crippen LogP contribution is 2.17. The van der Waals surface area contributed by atoms with Crippen molar-refractivity contribution in [3.05, 3.63) is 34.3 Å². The van der Waals surface area contributed by atoms with Crippen LogP contribution in [-0.2, 0) is 11.3 Å². The van der Waals surface area contributed by atoms with Crippen molar-refractivity contribution in [3.8, 4) is 0 Å². The molecule has 0 heterocycles. The molecule has 0 saturated carbocycles. The van der Waals surface area contributed by atoms with Crippen LogP contribution in [0.2, 0.25) is 0 Å². The highest BCUT2D eigenvalue weighted by atomic mass is 79.9. The zero-order chi connectivity index (χ0) is 12.8. The fourth-order valence-electron chi connectivity index (χ4n) is 1.30. The first kappa shape index (κ1) is 13.5. The Bertz CT molecular complexity index is 434. The topological polar surface area (TPSA) is 78.9 Å². The van der Waals surface area contributed by atoms with E-state index in [1.807, 2.05) is 24.3 Å². The maximum Gasteiger partial charge on any atom is 0.230 e. The van der Waals surface area contributed by atoms with E-state index >= 15 is 0 Å². The van der Waals surface area contributed by atoms with Crippen molar-refractivity contribution in [2.24, 2.45) is 10.9 Å². The SMILES string of the molecule is CN(Cc1ccccc1Br)C(=O)C/C(N)=N/O. The largest absolute Gasteiger partial charge is 0.409 e. The fraction of sp³-hybridized carbons (Fsp3) is 0.273. The number of nitrogens with zero attached hydrogens (tertiary/aromatic N) is 2. The summed E-state index contributed by atoms with van der Waals surface area (Å²) in [6.07, 6.45) is -0.0859. The van der Waals surface area contributed by atoms with Gasteiger partial charge in [-0.1, -0.05) is 39.3 Å². The summed E-state index contributed by atoms with van der Waals surface area (Å²) in [6.45, 7) is 0.471. The van der Waals surface area contributed by atoms with E-state index in [0.717, 1.165) is 10.0 Å². The maximum atomic E-state index is 11.7. The van der Waals surface area contributed by atoms with Gasteiger partial charge in [0.1, 0.15) is 5.84 Å². The molecule has 6 heteroatoms. The maximum absolute atomic E-state index is 11.7. The Morgan fingerprint density at radius 1 is 1.53 bits per heavy atom. The van der Waals surface area contributed by atoms with Crippen LogP contribution >= 0.6 is 15.9 Å². The van der Waals surface area contributed by atoms with Gasteiger partial charge in [0.25, 0.3) is 0 Å². The summed E-state index contributed by atoms with van der Waals surface area (Å²) >= 11 is 3.41. The highest BCUT2D eigenvalue weighted by Gasteiger charge is 2.12. The monoisotopic (exact) mass is 299 g/mol. The molecule has 0 fully saturated rings. The van der Waals surface area contributed by atoms with Gasteiger partial charge in [-0.25, -0.2) is 0 Å². The molecule has 5 nitrogen and oxygen atoms in total. The van der Waals surface area contributed by atoms with Crippen LogP contribution in [0.4, 0.5) is 0 Å². The number of carbonyl (C=O) groups is 1. The minimum Gasteiger partial charge on any atom is -0.409 e. The zero-order valence-electron chi connectivity index (χ0n) is 9.43. The van der Waals surface area contributed by atoms with Gasteiger partial charge >= 0.3 is 0 Å². The van der Waals surface area contributed by atoms with E-state index in [2.05, 4.69) is 21.1 Å². The Morgan fingerprint density at radius 2 is 2.18 bits per heavy atom. The molecule has 0 aliphatic carbocycles. The van der Waals surface area contributed by atoms with Crippen molar-refractivity contribution >= 4 is 27.7 Å². The number of carbonyl (C=O) groups excluding carboxylic acids is 1. The van der Waals surface area contributed by atoms with Gasteiger partial charge in [-0.3, -0.25) is 4.79 Å². The van der Waals surface area contributed by atoms with Crippen LogP contribution in [0, 0.1) is 0 Å². The number of halogens is 1. The normalized spacial score (nSPS) is 11.3. The molecule has 1 rings (SSSR count). The van der Waals surface area contributed by atoms with Crippen LogP contribution in [0.3, 0.4) is 0 Å². The van der Waals surface area contributed by atoms with Crippen LogP contribution in [0.5, 0.6) is 0 Å². The minimum absolute atomic E-state index is 0.0859. The fourth-order valence-corrected chi connectivity index (χ4v) is 1.71. The lowest BCUT2D eigenvalue weighted by Gasteiger charge is -2.17. The molecule has 1 amide bonds. The number of oxime groups is 1. The third-order valence-electron chi connectivity index (χ3n) is 2.25. The number of hydrogen-bond donors (Lipinski definition) is 2. The quantitative estimate of drug-likeness (QED) is 0.383. The van der Waals surface area contributed by atoms with Gasteiger partial charge in [0.2, 0.25) is 5.91 Å². The molecular weight excluding hydrogens is 286 g/mol. The lowest BCUT2D eigenvalue weighted by atomic mass is 10.2. The van der Waals surface area contributed by atoms with Crippen molar-refractivity contribution in [1.82, 2.24) is 4.90 Å². The van der Waals surface area contributed by atoms with Gasteiger partial charge in [-0.2, -0.15) is 0 Å². The number of hydrogen-bond acceptors (Lipinski definition) is 3. The second-order valence-corrected chi connectivity index (χ2v) is 4.46. The predicted molar refractivity (Wildman–Crippen MR) is 68.6 cm³/mol. The zero-order valence-corrected chi connectivity index (χ0v) is 11.0. The van der Waals surface area contributed by atoms with Gasteiger partial charge in [0, 0.05) is 18.1 Å². The van der Waals surface area contributed by atoms with Gasteiger partial charge in [-0.15, -0.1) is 0 Å². The molecule has 0 unspecified atom stereocenters. The molecule has 0 atom stereocenters. The molecule has 1 aromatic rings. The molecule has 0 radical (unpaired) electrons. The summed E-state index contributed by atoms with van der Waals surface area (Å²) in [4.78, 5) is 13.2. The van der Waals surface area contributed by atoms with Crippen molar-refractivity contribution in [2.45, 2.75) is 13.0 Å². The Kier molecular flexibility index (Phi) is 4.96. The number of nitrogens with two attached hydrogens (primary N) is 1. The molecule has 0 aliphatic heterocycles. The van der Waals surface area contributed by atoms with Crippen LogP contribution in [0.1, 0.15) is 12.0 Å². The van der Waals surface area contributed by atoms with E-state index in [4.69, 9.17) is 10.9 Å². The first-order valence-corrected chi connectivity index (χ1v) is 5.77. The van der Waals surface area contributed by atoms with E-state index < -0.39 is 0 Å². The first-order chi connectivity index (χ1) is 8.04. The summed E-state index contributed by atoms with van der Waals surface area (Å²) in [6, 6.07) is 7.66. The molecule has 92 valence electrons. The summed E-state index contributed by atoms with van der Waals surface area (Å²) in [5.41, 5.74) is 6.28. The lowest BCUT2D eigenvalue weighted by Crippen LogP contribution is -2.30. The van der Waals surface area contributed by atoms with E-state index in [-0.39, 0.29) is 18.2 Å². The molecule has 0 aromatic heterocycles. The highest BCUT2D eigenvalue weighted by molar-refractivity contribution is 9.10. The number of rotatable bonds is 4. The minimum atomic E-state index is -0.198. The summed E-state index contributed by atoms with van der Waals surface area (Å²) in [5, 5.41) is 11.2. The second-order valence-electron chi connectivity index (χ2n) is 3.61.